The molecule has 0 aromatic carbocycles. The summed E-state index contributed by atoms with van der Waals surface area (Å²) in [6.07, 6.45) is 8.91. The number of hydrogen-bond donors (Lipinski definition) is 2. The lowest BCUT2D eigenvalue weighted by molar-refractivity contribution is 0.501. The molecule has 1 saturated carbocycles. The van der Waals surface area contributed by atoms with Gasteiger partial charge in [0.25, 0.3) is 0 Å². The molecule has 1 aliphatic carbocycles. The van der Waals surface area contributed by atoms with Crippen molar-refractivity contribution in [2.24, 2.45) is 16.8 Å². The lowest BCUT2D eigenvalue weighted by Crippen LogP contribution is -2.33. The average Bonchev–Trinajstić information content (AvgIpc) is 2.82. The maximum atomic E-state index is 5.58. The Labute approximate surface area is 103 Å². The fourth-order valence-electron chi connectivity index (χ4n) is 2.63. The Morgan fingerprint density at radius 1 is 1.19 bits per heavy atom. The predicted molar refractivity (Wildman–Crippen MR) is 71.7 cm³/mol. The van der Waals surface area contributed by atoms with E-state index in [0.717, 1.165) is 18.2 Å². The van der Waals surface area contributed by atoms with Crippen molar-refractivity contribution in [1.29, 1.82) is 0 Å². The summed E-state index contributed by atoms with van der Waals surface area (Å²) in [5, 5.41) is 0. The van der Waals surface area contributed by atoms with E-state index in [-0.39, 0.29) is 0 Å². The first-order valence-electron chi connectivity index (χ1n) is 6.49. The van der Waals surface area contributed by atoms with Gasteiger partial charge < -0.3 is 5.43 Å². The standard InChI is InChI=1S/C12H23N3S/c13-15-12(14-11-3-1-2-4-11)9-10-5-7-16-8-6-10/h10-11H,1-9,13H2,(H,14,15). The molecule has 2 aliphatic rings. The van der Waals surface area contributed by atoms with Crippen LogP contribution in [0.15, 0.2) is 4.99 Å². The minimum atomic E-state index is 0.545. The molecule has 0 bridgehead atoms. The van der Waals surface area contributed by atoms with Crippen molar-refractivity contribution in [3.8, 4) is 0 Å². The second-order valence-electron chi connectivity index (χ2n) is 4.92. The van der Waals surface area contributed by atoms with Gasteiger partial charge in [-0.1, -0.05) is 12.8 Å². The molecule has 92 valence electrons. The molecule has 1 saturated heterocycles. The van der Waals surface area contributed by atoms with Gasteiger partial charge in [0.1, 0.15) is 5.84 Å². The highest BCUT2D eigenvalue weighted by Gasteiger charge is 2.18. The zero-order chi connectivity index (χ0) is 11.2. The highest BCUT2D eigenvalue weighted by molar-refractivity contribution is 7.99. The SMILES string of the molecule is NNC(CC1CCSCC1)=NC1CCCC1. The maximum absolute atomic E-state index is 5.58. The van der Waals surface area contributed by atoms with Crippen molar-refractivity contribution in [1.82, 2.24) is 5.43 Å². The van der Waals surface area contributed by atoms with Gasteiger partial charge in [-0.05, 0) is 43.1 Å². The van der Waals surface area contributed by atoms with Crippen molar-refractivity contribution < 1.29 is 0 Å². The quantitative estimate of drug-likeness (QED) is 0.345. The molecular formula is C12H23N3S. The van der Waals surface area contributed by atoms with Crippen LogP contribution in [-0.2, 0) is 0 Å². The molecule has 0 aromatic rings. The molecule has 2 rings (SSSR count). The van der Waals surface area contributed by atoms with Crippen LogP contribution in [0.5, 0.6) is 0 Å². The zero-order valence-electron chi connectivity index (χ0n) is 9.95. The lowest BCUT2D eigenvalue weighted by Gasteiger charge is -2.22. The van der Waals surface area contributed by atoms with E-state index >= 15 is 0 Å². The molecule has 0 radical (unpaired) electrons. The van der Waals surface area contributed by atoms with Crippen molar-refractivity contribution in [2.75, 3.05) is 11.5 Å². The molecule has 4 heteroatoms. The third-order valence-corrected chi connectivity index (χ3v) is 4.70. The Morgan fingerprint density at radius 3 is 2.50 bits per heavy atom. The first-order valence-corrected chi connectivity index (χ1v) is 7.65. The summed E-state index contributed by atoms with van der Waals surface area (Å²) in [6, 6.07) is 0.545. The third-order valence-electron chi connectivity index (χ3n) is 3.65. The summed E-state index contributed by atoms with van der Waals surface area (Å²) in [4.78, 5) is 4.76. The number of nitrogens with one attached hydrogen (secondary N) is 1. The average molecular weight is 241 g/mol. The van der Waals surface area contributed by atoms with Crippen LogP contribution in [0.1, 0.15) is 44.9 Å². The summed E-state index contributed by atoms with van der Waals surface area (Å²) < 4.78 is 0. The number of nitrogens with zero attached hydrogens (tertiary/aromatic N) is 1. The minimum absolute atomic E-state index is 0.545. The van der Waals surface area contributed by atoms with Crippen LogP contribution in [0, 0.1) is 5.92 Å². The van der Waals surface area contributed by atoms with Gasteiger partial charge in [-0.25, -0.2) is 5.84 Å². The summed E-state index contributed by atoms with van der Waals surface area (Å²) in [7, 11) is 0. The third kappa shape index (κ3) is 3.67. The van der Waals surface area contributed by atoms with Crippen molar-refractivity contribution >= 4 is 17.6 Å². The van der Waals surface area contributed by atoms with Crippen molar-refractivity contribution in [2.45, 2.75) is 51.0 Å². The van der Waals surface area contributed by atoms with Gasteiger partial charge in [-0.2, -0.15) is 11.8 Å². The first kappa shape index (κ1) is 12.2. The van der Waals surface area contributed by atoms with Gasteiger partial charge >= 0.3 is 0 Å². The first-order chi connectivity index (χ1) is 7.88. The van der Waals surface area contributed by atoms with Crippen LogP contribution >= 0.6 is 11.8 Å². The van der Waals surface area contributed by atoms with E-state index in [4.69, 9.17) is 10.8 Å². The zero-order valence-corrected chi connectivity index (χ0v) is 10.8. The maximum Gasteiger partial charge on any atom is 0.111 e. The molecule has 0 amide bonds. The predicted octanol–water partition coefficient (Wildman–Crippen LogP) is 2.32. The number of nitrogens with two attached hydrogens (primary N) is 1. The summed E-state index contributed by atoms with van der Waals surface area (Å²) in [5.74, 6) is 10.1. The largest absolute Gasteiger partial charge is 0.312 e. The van der Waals surface area contributed by atoms with E-state index in [1.165, 1.54) is 50.0 Å². The molecule has 0 spiro atoms. The number of hydrazine groups is 1. The normalized spacial score (nSPS) is 24.9. The van der Waals surface area contributed by atoms with Gasteiger partial charge in [0.2, 0.25) is 0 Å². The van der Waals surface area contributed by atoms with Gasteiger partial charge in [0.05, 0.1) is 6.04 Å². The lowest BCUT2D eigenvalue weighted by atomic mass is 9.98. The van der Waals surface area contributed by atoms with E-state index in [9.17, 15) is 0 Å². The number of thioether (sulfide) groups is 1. The van der Waals surface area contributed by atoms with Crippen LogP contribution in [0.4, 0.5) is 0 Å². The van der Waals surface area contributed by atoms with Gasteiger partial charge in [0, 0.05) is 6.42 Å². The molecule has 1 heterocycles. The van der Waals surface area contributed by atoms with E-state index in [0.29, 0.717) is 6.04 Å². The van der Waals surface area contributed by atoms with E-state index in [1.54, 1.807) is 0 Å². The van der Waals surface area contributed by atoms with Gasteiger partial charge in [-0.15, -0.1) is 0 Å². The Hall–Kier alpha value is -0.220. The van der Waals surface area contributed by atoms with Crippen LogP contribution in [-0.4, -0.2) is 23.4 Å². The van der Waals surface area contributed by atoms with Crippen molar-refractivity contribution in [3.63, 3.8) is 0 Å². The summed E-state index contributed by atoms with van der Waals surface area (Å²) in [6.45, 7) is 0. The molecule has 1 aliphatic heterocycles. The van der Waals surface area contributed by atoms with Gasteiger partial charge in [-0.3, -0.25) is 4.99 Å². The molecule has 16 heavy (non-hydrogen) atoms. The summed E-state index contributed by atoms with van der Waals surface area (Å²) >= 11 is 2.07. The smallest absolute Gasteiger partial charge is 0.111 e. The Balaban J connectivity index is 1.83. The molecule has 0 unspecified atom stereocenters. The number of aliphatic imine (C=N–C) groups is 1. The van der Waals surface area contributed by atoms with E-state index < -0.39 is 0 Å². The Morgan fingerprint density at radius 2 is 1.88 bits per heavy atom. The summed E-state index contributed by atoms with van der Waals surface area (Å²) in [5.41, 5.74) is 2.82. The molecule has 3 N–H and O–H groups in total. The number of amidine groups is 1. The minimum Gasteiger partial charge on any atom is -0.312 e. The topological polar surface area (TPSA) is 50.4 Å². The molecular weight excluding hydrogens is 218 g/mol. The number of hydrogen-bond acceptors (Lipinski definition) is 3. The van der Waals surface area contributed by atoms with Gasteiger partial charge in [0.15, 0.2) is 0 Å². The highest BCUT2D eigenvalue weighted by Crippen LogP contribution is 2.26. The fourth-order valence-corrected chi connectivity index (χ4v) is 3.83. The van der Waals surface area contributed by atoms with Crippen LogP contribution < -0.4 is 11.3 Å². The van der Waals surface area contributed by atoms with Crippen molar-refractivity contribution in [3.05, 3.63) is 0 Å². The number of rotatable bonds is 3. The molecule has 3 nitrogen and oxygen atoms in total. The Bertz CT molecular complexity index is 230. The van der Waals surface area contributed by atoms with Crippen LogP contribution in [0.2, 0.25) is 0 Å². The fraction of sp³-hybridized carbons (Fsp3) is 0.917. The second kappa shape index (κ2) is 6.50. The van der Waals surface area contributed by atoms with E-state index in [1.807, 2.05) is 0 Å². The Kier molecular flexibility index (Phi) is 4.97. The molecule has 0 aromatic heterocycles. The van der Waals surface area contributed by atoms with E-state index in [2.05, 4.69) is 17.2 Å². The molecule has 2 fully saturated rings. The van der Waals surface area contributed by atoms with Crippen LogP contribution in [0.25, 0.3) is 0 Å². The second-order valence-corrected chi connectivity index (χ2v) is 6.14. The van der Waals surface area contributed by atoms with Crippen LogP contribution in [0.3, 0.4) is 0 Å². The monoisotopic (exact) mass is 241 g/mol. The highest BCUT2D eigenvalue weighted by atomic mass is 32.2. The molecule has 0 atom stereocenters.